The molecule has 0 radical (unpaired) electrons. The maximum Gasteiger partial charge on any atom is 0.269 e. The number of thiazole rings is 1. The van der Waals surface area contributed by atoms with Crippen molar-refractivity contribution in [1.29, 1.82) is 0 Å². The number of nitrogens with two attached hydrogens (primary N) is 1. The Balaban J connectivity index is 1.39. The van der Waals surface area contributed by atoms with Crippen molar-refractivity contribution in [2.75, 3.05) is 11.1 Å². The molecule has 0 saturated heterocycles. The van der Waals surface area contributed by atoms with Crippen molar-refractivity contribution >= 4 is 49.6 Å². The molecule has 1 aliphatic carbocycles. The quantitative estimate of drug-likeness (QED) is 0.349. The van der Waals surface area contributed by atoms with Crippen LogP contribution in [-0.2, 0) is 12.8 Å². The van der Waals surface area contributed by atoms with Crippen molar-refractivity contribution in [3.05, 3.63) is 57.7 Å². The SMILES string of the molecule is CC(C)(C)C1CCc2nc3sc(C(=O)Nc4nc(-c5ccc(F)cc5)cs4)c(N)c3cc2C1. The molecule has 8 heteroatoms. The molecule has 33 heavy (non-hydrogen) atoms. The van der Waals surface area contributed by atoms with E-state index in [0.717, 1.165) is 40.7 Å². The van der Waals surface area contributed by atoms with Crippen LogP contribution in [0.3, 0.4) is 0 Å². The predicted molar refractivity (Wildman–Crippen MR) is 134 cm³/mol. The van der Waals surface area contributed by atoms with Crippen LogP contribution in [0.25, 0.3) is 21.5 Å². The van der Waals surface area contributed by atoms with Gasteiger partial charge in [0, 0.05) is 22.0 Å². The molecule has 1 aliphatic rings. The van der Waals surface area contributed by atoms with Crippen LogP contribution >= 0.6 is 22.7 Å². The number of pyridine rings is 1. The molecule has 4 aromatic rings. The summed E-state index contributed by atoms with van der Waals surface area (Å²) in [5, 5.41) is 6.01. The fraction of sp³-hybridized carbons (Fsp3) is 0.320. The molecule has 0 spiro atoms. The first-order chi connectivity index (χ1) is 15.7. The van der Waals surface area contributed by atoms with Gasteiger partial charge in [-0.15, -0.1) is 22.7 Å². The molecule has 1 amide bonds. The normalized spacial score (nSPS) is 16.1. The van der Waals surface area contributed by atoms with Gasteiger partial charge >= 0.3 is 0 Å². The third kappa shape index (κ3) is 4.25. The van der Waals surface area contributed by atoms with Gasteiger partial charge in [0.1, 0.15) is 15.5 Å². The van der Waals surface area contributed by atoms with E-state index in [1.165, 1.54) is 40.4 Å². The van der Waals surface area contributed by atoms with Crippen LogP contribution in [0.15, 0.2) is 35.7 Å². The van der Waals surface area contributed by atoms with Gasteiger partial charge in [-0.1, -0.05) is 20.8 Å². The number of carbonyl (C=O) groups is 1. The van der Waals surface area contributed by atoms with Crippen LogP contribution in [0.1, 0.15) is 48.1 Å². The van der Waals surface area contributed by atoms with E-state index in [0.29, 0.717) is 27.3 Å². The van der Waals surface area contributed by atoms with E-state index in [-0.39, 0.29) is 17.1 Å². The van der Waals surface area contributed by atoms with Crippen molar-refractivity contribution < 1.29 is 9.18 Å². The number of amides is 1. The zero-order valence-electron chi connectivity index (χ0n) is 18.7. The summed E-state index contributed by atoms with van der Waals surface area (Å²) >= 11 is 2.64. The molecule has 0 fully saturated rings. The summed E-state index contributed by atoms with van der Waals surface area (Å²) in [6.45, 7) is 6.86. The minimum atomic E-state index is -0.299. The monoisotopic (exact) mass is 480 g/mol. The van der Waals surface area contributed by atoms with Crippen LogP contribution in [0.2, 0.25) is 0 Å². The van der Waals surface area contributed by atoms with Gasteiger partial charge in [0.2, 0.25) is 0 Å². The zero-order valence-corrected chi connectivity index (χ0v) is 20.4. The third-order valence-electron chi connectivity index (χ3n) is 6.38. The van der Waals surface area contributed by atoms with Crippen LogP contribution in [-0.4, -0.2) is 15.9 Å². The summed E-state index contributed by atoms with van der Waals surface area (Å²) in [4.78, 5) is 23.6. The standard InChI is InChI=1S/C25H25FN4OS2/c1-25(2,3)15-6-9-18-14(10-15)11-17-20(27)21(33-23(17)28-18)22(31)30-24-29-19(12-32-24)13-4-7-16(26)8-5-13/h4-5,7-8,11-12,15H,6,9-10,27H2,1-3H3,(H,29,30,31). The molecule has 1 atom stereocenters. The summed E-state index contributed by atoms with van der Waals surface area (Å²) in [5.74, 6) is 0.0140. The zero-order chi connectivity index (χ0) is 23.3. The number of carbonyl (C=O) groups excluding carboxylic acids is 1. The predicted octanol–water partition coefficient (Wildman–Crippen LogP) is 6.54. The third-order valence-corrected chi connectivity index (χ3v) is 8.25. The lowest BCUT2D eigenvalue weighted by atomic mass is 9.71. The minimum Gasteiger partial charge on any atom is -0.397 e. The molecule has 1 unspecified atom stereocenters. The molecule has 0 bridgehead atoms. The molecule has 3 aromatic heterocycles. The number of nitrogens with one attached hydrogen (secondary N) is 1. The lowest BCUT2D eigenvalue weighted by Gasteiger charge is -2.34. The van der Waals surface area contributed by atoms with Gasteiger partial charge < -0.3 is 5.73 Å². The van der Waals surface area contributed by atoms with Gasteiger partial charge in [0.05, 0.1) is 11.4 Å². The second-order valence-electron chi connectivity index (χ2n) is 9.60. The van der Waals surface area contributed by atoms with Gasteiger partial charge in [0.25, 0.3) is 5.91 Å². The topological polar surface area (TPSA) is 80.9 Å². The number of hydrogen-bond acceptors (Lipinski definition) is 6. The molecule has 5 rings (SSSR count). The van der Waals surface area contributed by atoms with E-state index in [9.17, 15) is 9.18 Å². The maximum atomic E-state index is 13.2. The average molecular weight is 481 g/mol. The fourth-order valence-corrected chi connectivity index (χ4v) is 6.04. The number of hydrogen-bond donors (Lipinski definition) is 2. The van der Waals surface area contributed by atoms with Crippen molar-refractivity contribution in [1.82, 2.24) is 9.97 Å². The summed E-state index contributed by atoms with van der Waals surface area (Å²) in [5.41, 5.74) is 11.0. The highest BCUT2D eigenvalue weighted by molar-refractivity contribution is 7.21. The number of nitrogen functional groups attached to an aromatic ring is 1. The van der Waals surface area contributed by atoms with E-state index < -0.39 is 0 Å². The van der Waals surface area contributed by atoms with E-state index in [1.807, 2.05) is 5.38 Å². The van der Waals surface area contributed by atoms with E-state index in [4.69, 9.17) is 10.7 Å². The van der Waals surface area contributed by atoms with Gasteiger partial charge in [-0.2, -0.15) is 0 Å². The largest absolute Gasteiger partial charge is 0.397 e. The second kappa shape index (κ2) is 8.18. The van der Waals surface area contributed by atoms with Crippen LogP contribution in [0.4, 0.5) is 15.2 Å². The van der Waals surface area contributed by atoms with Gasteiger partial charge in [0.15, 0.2) is 5.13 Å². The number of aromatic nitrogens is 2. The number of rotatable bonds is 3. The van der Waals surface area contributed by atoms with E-state index in [2.05, 4.69) is 37.1 Å². The van der Waals surface area contributed by atoms with Crippen molar-refractivity contribution in [2.24, 2.45) is 11.3 Å². The highest BCUT2D eigenvalue weighted by Crippen LogP contribution is 2.40. The Hall–Kier alpha value is -2.84. The molecule has 170 valence electrons. The van der Waals surface area contributed by atoms with Crippen molar-refractivity contribution in [2.45, 2.75) is 40.0 Å². The Morgan fingerprint density at radius 3 is 2.70 bits per heavy atom. The molecule has 0 saturated carbocycles. The molecule has 0 aliphatic heterocycles. The first kappa shape index (κ1) is 22.0. The summed E-state index contributed by atoms with van der Waals surface area (Å²) in [7, 11) is 0. The highest BCUT2D eigenvalue weighted by Gasteiger charge is 2.30. The number of thiophene rings is 1. The summed E-state index contributed by atoms with van der Waals surface area (Å²) < 4.78 is 13.2. The Labute approximate surface area is 199 Å². The molecular formula is C25H25FN4OS2. The Bertz CT molecular complexity index is 1350. The van der Waals surface area contributed by atoms with Gasteiger partial charge in [-0.25, -0.2) is 14.4 Å². The van der Waals surface area contributed by atoms with E-state index >= 15 is 0 Å². The Morgan fingerprint density at radius 2 is 1.97 bits per heavy atom. The first-order valence-corrected chi connectivity index (χ1v) is 12.6. The lowest BCUT2D eigenvalue weighted by molar-refractivity contribution is 0.103. The second-order valence-corrected chi connectivity index (χ2v) is 11.5. The Morgan fingerprint density at radius 1 is 1.21 bits per heavy atom. The van der Waals surface area contributed by atoms with Gasteiger partial charge in [-0.3, -0.25) is 10.1 Å². The van der Waals surface area contributed by atoms with E-state index in [1.54, 1.807) is 12.1 Å². The first-order valence-electron chi connectivity index (χ1n) is 10.9. The Kier molecular flexibility index (Phi) is 5.45. The molecule has 3 heterocycles. The fourth-order valence-electron chi connectivity index (χ4n) is 4.34. The highest BCUT2D eigenvalue weighted by atomic mass is 32.1. The maximum absolute atomic E-state index is 13.2. The molecular weight excluding hydrogens is 455 g/mol. The molecule has 1 aromatic carbocycles. The van der Waals surface area contributed by atoms with Gasteiger partial charge in [-0.05, 0) is 66.5 Å². The van der Waals surface area contributed by atoms with Crippen molar-refractivity contribution in [3.8, 4) is 11.3 Å². The molecule has 3 N–H and O–H groups in total. The van der Waals surface area contributed by atoms with Crippen LogP contribution in [0, 0.1) is 17.2 Å². The number of nitrogens with zero attached hydrogens (tertiary/aromatic N) is 2. The lowest BCUT2D eigenvalue weighted by Crippen LogP contribution is -2.27. The molecule has 5 nitrogen and oxygen atoms in total. The average Bonchev–Trinajstić information content (AvgIpc) is 3.36. The minimum absolute atomic E-state index is 0.248. The smallest absolute Gasteiger partial charge is 0.269 e. The number of anilines is 2. The summed E-state index contributed by atoms with van der Waals surface area (Å²) in [6.07, 6.45) is 3.07. The summed E-state index contributed by atoms with van der Waals surface area (Å²) in [6, 6.07) is 8.24. The van der Waals surface area contributed by atoms with Crippen molar-refractivity contribution in [3.63, 3.8) is 0 Å². The van der Waals surface area contributed by atoms with Crippen LogP contribution < -0.4 is 11.1 Å². The number of aryl methyl sites for hydroxylation is 1. The number of fused-ring (bicyclic) bond motifs is 2. The number of halogens is 1. The van der Waals surface area contributed by atoms with Crippen LogP contribution in [0.5, 0.6) is 0 Å². The number of benzene rings is 1.